The highest BCUT2D eigenvalue weighted by Gasteiger charge is 2.28. The first-order chi connectivity index (χ1) is 13.0. The molecule has 1 atom stereocenters. The van der Waals surface area contributed by atoms with E-state index in [9.17, 15) is 9.59 Å². The fraction of sp³-hybridized carbons (Fsp3) is 0.350. The quantitative estimate of drug-likeness (QED) is 0.741. The number of carbonyl (C=O) groups is 1. The number of benzene rings is 1. The summed E-state index contributed by atoms with van der Waals surface area (Å²) >= 11 is 0. The normalized spacial score (nSPS) is 17.5. The monoisotopic (exact) mass is 366 g/mol. The van der Waals surface area contributed by atoms with Crippen LogP contribution in [0.3, 0.4) is 0 Å². The maximum atomic E-state index is 12.7. The van der Waals surface area contributed by atoms with Crippen LogP contribution in [-0.2, 0) is 4.79 Å². The summed E-state index contributed by atoms with van der Waals surface area (Å²) in [5, 5.41) is 10.2. The zero-order valence-corrected chi connectivity index (χ0v) is 15.4. The van der Waals surface area contributed by atoms with Crippen LogP contribution in [0.2, 0.25) is 0 Å². The number of aryl methyl sites for hydroxylation is 2. The largest absolute Gasteiger partial charge is 0.444 e. The maximum Gasteiger partial charge on any atom is 0.277 e. The summed E-state index contributed by atoms with van der Waals surface area (Å²) in [5.74, 6) is 0.566. The molecule has 2 aromatic heterocycles. The molecule has 0 aliphatic carbocycles. The number of nitrogens with one attached hydrogen (secondary N) is 2. The van der Waals surface area contributed by atoms with Gasteiger partial charge in [0.2, 0.25) is 11.8 Å². The second-order valence-electron chi connectivity index (χ2n) is 6.96. The van der Waals surface area contributed by atoms with E-state index in [0.29, 0.717) is 22.2 Å². The Balaban J connectivity index is 1.54. The summed E-state index contributed by atoms with van der Waals surface area (Å²) in [6, 6.07) is 10.5. The van der Waals surface area contributed by atoms with Gasteiger partial charge in [0, 0.05) is 6.04 Å². The van der Waals surface area contributed by atoms with E-state index >= 15 is 0 Å². The average Bonchev–Trinajstić information content (AvgIpc) is 3.24. The lowest BCUT2D eigenvalue weighted by molar-refractivity contribution is -0.117. The van der Waals surface area contributed by atoms with E-state index in [1.165, 1.54) is 5.56 Å². The van der Waals surface area contributed by atoms with Gasteiger partial charge in [-0.15, -0.1) is 0 Å². The van der Waals surface area contributed by atoms with Crippen LogP contribution in [0.15, 0.2) is 39.5 Å². The minimum absolute atomic E-state index is 0.190. The third-order valence-electron chi connectivity index (χ3n) is 5.15. The van der Waals surface area contributed by atoms with Crippen LogP contribution in [0.1, 0.15) is 35.9 Å². The Hall–Kier alpha value is -2.93. The molecule has 1 saturated heterocycles. The van der Waals surface area contributed by atoms with Crippen LogP contribution < -0.4 is 10.9 Å². The number of hydrogen-bond donors (Lipinski definition) is 2. The van der Waals surface area contributed by atoms with Crippen LogP contribution in [0.5, 0.6) is 0 Å². The van der Waals surface area contributed by atoms with Crippen molar-refractivity contribution in [3.05, 3.63) is 57.7 Å². The molecular weight excluding hydrogens is 344 g/mol. The molecule has 0 bridgehead atoms. The Kier molecular flexibility index (Phi) is 4.53. The number of anilines is 1. The third kappa shape index (κ3) is 3.26. The number of hydrogen-bond acceptors (Lipinski definition) is 5. The first kappa shape index (κ1) is 17.5. The van der Waals surface area contributed by atoms with Crippen molar-refractivity contribution in [3.63, 3.8) is 0 Å². The van der Waals surface area contributed by atoms with Crippen molar-refractivity contribution in [1.82, 2.24) is 15.1 Å². The number of carbonyl (C=O) groups excluding carboxylic acids is 1. The van der Waals surface area contributed by atoms with Gasteiger partial charge in [-0.25, -0.2) is 5.10 Å². The predicted octanol–water partition coefficient (Wildman–Crippen LogP) is 2.91. The molecule has 3 heterocycles. The van der Waals surface area contributed by atoms with Gasteiger partial charge in [-0.3, -0.25) is 19.8 Å². The van der Waals surface area contributed by atoms with Gasteiger partial charge >= 0.3 is 0 Å². The first-order valence-corrected chi connectivity index (χ1v) is 9.12. The van der Waals surface area contributed by atoms with E-state index in [-0.39, 0.29) is 29.9 Å². The minimum Gasteiger partial charge on any atom is -0.444 e. The summed E-state index contributed by atoms with van der Waals surface area (Å²) in [7, 11) is 0. The number of amides is 1. The molecule has 0 saturated carbocycles. The van der Waals surface area contributed by atoms with Gasteiger partial charge in [0.05, 0.1) is 17.6 Å². The van der Waals surface area contributed by atoms with Gasteiger partial charge in [-0.2, -0.15) is 5.10 Å². The number of fused-ring (bicyclic) bond motifs is 1. The van der Waals surface area contributed by atoms with Crippen LogP contribution in [0.25, 0.3) is 10.8 Å². The Labute approximate surface area is 156 Å². The van der Waals surface area contributed by atoms with Gasteiger partial charge in [0.25, 0.3) is 5.56 Å². The number of likely N-dealkylation sites (tertiary alicyclic amines) is 1. The molecule has 0 radical (unpaired) electrons. The smallest absolute Gasteiger partial charge is 0.277 e. The number of rotatable bonds is 4. The van der Waals surface area contributed by atoms with Crippen molar-refractivity contribution in [2.24, 2.45) is 0 Å². The fourth-order valence-corrected chi connectivity index (χ4v) is 3.95. The Morgan fingerprint density at radius 3 is 2.85 bits per heavy atom. The van der Waals surface area contributed by atoms with E-state index in [4.69, 9.17) is 4.42 Å². The van der Waals surface area contributed by atoms with Gasteiger partial charge in [0.15, 0.2) is 0 Å². The van der Waals surface area contributed by atoms with Crippen molar-refractivity contribution < 1.29 is 9.21 Å². The fourth-order valence-electron chi connectivity index (χ4n) is 3.95. The molecule has 1 unspecified atom stereocenters. The van der Waals surface area contributed by atoms with Gasteiger partial charge < -0.3 is 4.42 Å². The van der Waals surface area contributed by atoms with Crippen LogP contribution in [-0.4, -0.2) is 34.1 Å². The Morgan fingerprint density at radius 1 is 1.30 bits per heavy atom. The lowest BCUT2D eigenvalue weighted by Gasteiger charge is -2.24. The maximum absolute atomic E-state index is 12.7. The van der Waals surface area contributed by atoms with E-state index in [1.54, 1.807) is 13.8 Å². The van der Waals surface area contributed by atoms with Crippen molar-refractivity contribution in [3.8, 4) is 0 Å². The Morgan fingerprint density at radius 2 is 2.07 bits per heavy atom. The van der Waals surface area contributed by atoms with Crippen molar-refractivity contribution >= 4 is 22.6 Å². The van der Waals surface area contributed by atoms with Crippen LogP contribution >= 0.6 is 0 Å². The molecule has 4 rings (SSSR count). The van der Waals surface area contributed by atoms with E-state index < -0.39 is 0 Å². The molecule has 1 fully saturated rings. The lowest BCUT2D eigenvalue weighted by Crippen LogP contribution is -2.33. The van der Waals surface area contributed by atoms with Crippen molar-refractivity contribution in [2.45, 2.75) is 32.7 Å². The topological polar surface area (TPSA) is 91.2 Å². The van der Waals surface area contributed by atoms with Gasteiger partial charge in [0.1, 0.15) is 11.1 Å². The second-order valence-corrected chi connectivity index (χ2v) is 6.96. The molecule has 7 heteroatoms. The summed E-state index contributed by atoms with van der Waals surface area (Å²) in [4.78, 5) is 27.0. The third-order valence-corrected chi connectivity index (χ3v) is 5.15. The molecule has 7 nitrogen and oxygen atoms in total. The molecule has 3 aromatic rings. The van der Waals surface area contributed by atoms with Crippen LogP contribution in [0, 0.1) is 13.8 Å². The Bertz CT molecular complexity index is 1040. The number of nitrogens with zero attached hydrogens (tertiary/aromatic N) is 2. The highest BCUT2D eigenvalue weighted by Crippen LogP contribution is 2.32. The molecule has 1 amide bonds. The van der Waals surface area contributed by atoms with Gasteiger partial charge in [-0.1, -0.05) is 30.3 Å². The lowest BCUT2D eigenvalue weighted by atomic mass is 10.0. The van der Waals surface area contributed by atoms with Crippen molar-refractivity contribution in [1.29, 1.82) is 0 Å². The molecule has 1 aromatic carbocycles. The summed E-state index contributed by atoms with van der Waals surface area (Å²) in [6.07, 6.45) is 2.09. The number of aromatic nitrogens is 2. The van der Waals surface area contributed by atoms with Gasteiger partial charge in [-0.05, 0) is 38.8 Å². The summed E-state index contributed by atoms with van der Waals surface area (Å²) < 4.78 is 5.66. The molecule has 140 valence electrons. The molecule has 1 aliphatic rings. The molecular formula is C20H22N4O3. The molecule has 27 heavy (non-hydrogen) atoms. The second kappa shape index (κ2) is 7.00. The number of furan rings is 1. The molecule has 1 aliphatic heterocycles. The van der Waals surface area contributed by atoms with Crippen molar-refractivity contribution in [2.75, 3.05) is 18.4 Å². The standard InChI is InChI=1S/C20H22N4O3/c1-12-17-13(2)27-20(18(17)19(26)23-22-12)21-16(25)11-24-10-6-9-15(24)14-7-4-3-5-8-14/h3-5,7-8,15H,6,9-11H2,1-2H3,(H,21,25)(H,23,26). The highest BCUT2D eigenvalue weighted by atomic mass is 16.4. The predicted molar refractivity (Wildman–Crippen MR) is 103 cm³/mol. The number of H-pyrrole nitrogens is 1. The first-order valence-electron chi connectivity index (χ1n) is 9.12. The number of aromatic amines is 1. The SMILES string of the molecule is Cc1n[nH]c(=O)c2c(NC(=O)CN3CCCC3c3ccccc3)oc(C)c12. The molecule has 0 spiro atoms. The van der Waals surface area contributed by atoms with Crippen LogP contribution in [0.4, 0.5) is 5.88 Å². The average molecular weight is 366 g/mol. The van der Waals surface area contributed by atoms with E-state index in [2.05, 4.69) is 32.5 Å². The summed E-state index contributed by atoms with van der Waals surface area (Å²) in [6.45, 7) is 4.68. The summed E-state index contributed by atoms with van der Waals surface area (Å²) in [5.41, 5.74) is 1.52. The minimum atomic E-state index is -0.369. The zero-order valence-electron chi connectivity index (χ0n) is 15.4. The highest BCUT2D eigenvalue weighted by molar-refractivity contribution is 6.01. The van der Waals surface area contributed by atoms with E-state index in [0.717, 1.165) is 19.4 Å². The van der Waals surface area contributed by atoms with E-state index in [1.807, 2.05) is 18.2 Å². The zero-order chi connectivity index (χ0) is 19.0. The molecule has 2 N–H and O–H groups in total.